The van der Waals surface area contributed by atoms with Gasteiger partial charge in [0.05, 0.1) is 19.6 Å². The third kappa shape index (κ3) is 2.64. The molecule has 0 bridgehead atoms. The van der Waals surface area contributed by atoms with E-state index in [9.17, 15) is 15.0 Å². The summed E-state index contributed by atoms with van der Waals surface area (Å²) in [4.78, 5) is 12.7. The summed E-state index contributed by atoms with van der Waals surface area (Å²) in [6.07, 6.45) is 3.43. The molecule has 0 aliphatic carbocycles. The van der Waals surface area contributed by atoms with E-state index in [0.29, 0.717) is 0 Å². The Morgan fingerprint density at radius 2 is 1.61 bits per heavy atom. The van der Waals surface area contributed by atoms with Gasteiger partial charge in [-0.25, -0.2) is 0 Å². The van der Waals surface area contributed by atoms with Gasteiger partial charge in [-0.3, -0.25) is 4.79 Å². The van der Waals surface area contributed by atoms with Gasteiger partial charge in [-0.2, -0.15) is 0 Å². The third-order valence-electron chi connectivity index (χ3n) is 4.34. The van der Waals surface area contributed by atoms with Crippen LogP contribution in [0.2, 0.25) is 0 Å². The van der Waals surface area contributed by atoms with Crippen LogP contribution < -0.4 is 14.9 Å². The minimum absolute atomic E-state index is 0.000569. The molecule has 0 saturated carbocycles. The summed E-state index contributed by atoms with van der Waals surface area (Å²) in [6.45, 7) is 0. The molecular formula is C21H16O7. The molecule has 0 unspecified atom stereocenters. The normalized spacial score (nSPS) is 11.5. The highest BCUT2D eigenvalue weighted by atomic mass is 16.5. The van der Waals surface area contributed by atoms with E-state index in [-0.39, 0.29) is 39.4 Å². The van der Waals surface area contributed by atoms with Gasteiger partial charge >= 0.3 is 5.78 Å². The van der Waals surface area contributed by atoms with Gasteiger partial charge in [0.1, 0.15) is 11.1 Å². The Labute approximate surface area is 158 Å². The molecule has 2 heterocycles. The molecule has 0 saturated heterocycles. The monoisotopic (exact) mass is 380 g/mol. The lowest BCUT2D eigenvalue weighted by molar-refractivity contribution is 0.321. The van der Waals surface area contributed by atoms with Crippen molar-refractivity contribution in [3.8, 4) is 23.0 Å². The number of fused-ring (bicyclic) bond motifs is 3. The maximum atomic E-state index is 12.7. The van der Waals surface area contributed by atoms with Crippen LogP contribution >= 0.6 is 0 Å². The standard InChI is InChI=1S/C21H16O7/c1-25-19-17(24)16(23)15-14-13(22)10-12(9-8-11-6-4-3-5-7-11)27-21(14)28-18(15)20(19)26-2/h3-10,23-24H,1-2H3/b9-8+. The predicted octanol–water partition coefficient (Wildman–Crippen LogP) is 4.14. The highest BCUT2D eigenvalue weighted by molar-refractivity contribution is 6.11. The number of hydrogen-bond donors (Lipinski definition) is 2. The molecule has 4 rings (SSSR count). The zero-order chi connectivity index (χ0) is 19.8. The fourth-order valence-electron chi connectivity index (χ4n) is 3.07. The van der Waals surface area contributed by atoms with Crippen molar-refractivity contribution >= 4 is 34.3 Å². The molecule has 0 atom stereocenters. The zero-order valence-electron chi connectivity index (χ0n) is 15.1. The number of ether oxygens (including phenoxy) is 2. The zero-order valence-corrected chi connectivity index (χ0v) is 15.1. The Bertz CT molecular complexity index is 1260. The number of rotatable bonds is 4. The number of hydrogen-bond acceptors (Lipinski definition) is 7. The van der Waals surface area contributed by atoms with E-state index in [1.54, 1.807) is 12.2 Å². The number of aromatic hydroxyl groups is 2. The molecule has 28 heavy (non-hydrogen) atoms. The number of phenolic OH excluding ortho intramolecular Hbond substituents is 2. The summed E-state index contributed by atoms with van der Waals surface area (Å²) < 4.78 is 21.6. The van der Waals surface area contributed by atoms with Crippen LogP contribution in [-0.2, 0) is 0 Å². The van der Waals surface area contributed by atoms with Gasteiger partial charge in [-0.15, -0.1) is 0 Å². The minimum atomic E-state index is -0.554. The van der Waals surface area contributed by atoms with Crippen LogP contribution in [0.15, 0.2) is 50.0 Å². The molecule has 142 valence electrons. The van der Waals surface area contributed by atoms with Gasteiger partial charge in [-0.05, 0) is 11.6 Å². The maximum Gasteiger partial charge on any atom is 0.302 e. The van der Waals surface area contributed by atoms with Gasteiger partial charge in [-0.1, -0.05) is 36.4 Å². The first kappa shape index (κ1) is 17.5. The first-order valence-corrected chi connectivity index (χ1v) is 8.34. The van der Waals surface area contributed by atoms with Gasteiger partial charge in [0.25, 0.3) is 0 Å². The number of furan rings is 1. The summed E-state index contributed by atoms with van der Waals surface area (Å²) in [6, 6.07) is 10.8. The molecule has 2 aromatic heterocycles. The molecule has 0 spiro atoms. The minimum Gasteiger partial charge on any atom is -0.504 e. The largest absolute Gasteiger partial charge is 0.504 e. The number of methoxy groups -OCH3 is 2. The van der Waals surface area contributed by atoms with E-state index in [1.165, 1.54) is 20.3 Å². The molecule has 4 aromatic rings. The molecule has 2 N–H and O–H groups in total. The average molecular weight is 380 g/mol. The quantitative estimate of drug-likeness (QED) is 0.513. The van der Waals surface area contributed by atoms with Crippen molar-refractivity contribution < 1.29 is 28.5 Å². The van der Waals surface area contributed by atoms with Crippen molar-refractivity contribution in [2.75, 3.05) is 14.2 Å². The van der Waals surface area contributed by atoms with Crippen LogP contribution in [0, 0.1) is 0 Å². The molecule has 0 fully saturated rings. The van der Waals surface area contributed by atoms with Crippen molar-refractivity contribution in [3.05, 3.63) is 57.9 Å². The second-order valence-electron chi connectivity index (χ2n) is 5.99. The SMILES string of the molecule is COc1c(O)c(O)c2c(oc3oc(/C=C/c4ccccc4)cc(=O)c32)c1OC. The lowest BCUT2D eigenvalue weighted by Gasteiger charge is -2.10. The number of phenols is 2. The van der Waals surface area contributed by atoms with Crippen LogP contribution in [-0.4, -0.2) is 24.4 Å². The molecule has 7 nitrogen and oxygen atoms in total. The fourth-order valence-corrected chi connectivity index (χ4v) is 3.07. The van der Waals surface area contributed by atoms with Crippen LogP contribution in [0.1, 0.15) is 11.3 Å². The van der Waals surface area contributed by atoms with E-state index in [2.05, 4.69) is 0 Å². The first-order chi connectivity index (χ1) is 13.5. The summed E-state index contributed by atoms with van der Waals surface area (Å²) >= 11 is 0. The Hall–Kier alpha value is -3.87. The van der Waals surface area contributed by atoms with E-state index < -0.39 is 16.9 Å². The second-order valence-corrected chi connectivity index (χ2v) is 5.99. The van der Waals surface area contributed by atoms with Crippen molar-refractivity contribution in [3.63, 3.8) is 0 Å². The molecular weight excluding hydrogens is 364 g/mol. The fraction of sp³-hybridized carbons (Fsp3) is 0.0952. The van der Waals surface area contributed by atoms with Crippen LogP contribution in [0.4, 0.5) is 0 Å². The lowest BCUT2D eigenvalue weighted by Crippen LogP contribution is -1.99. The maximum absolute atomic E-state index is 12.7. The highest BCUT2D eigenvalue weighted by Crippen LogP contribution is 2.52. The summed E-state index contributed by atoms with van der Waals surface area (Å²) in [5, 5.41) is 20.6. The number of benzene rings is 2. The molecule has 2 aromatic carbocycles. The Morgan fingerprint density at radius 3 is 2.29 bits per heavy atom. The molecule has 0 amide bonds. The molecule has 0 radical (unpaired) electrons. The third-order valence-corrected chi connectivity index (χ3v) is 4.34. The van der Waals surface area contributed by atoms with Crippen LogP contribution in [0.5, 0.6) is 23.0 Å². The topological polar surface area (TPSA) is 102 Å². The lowest BCUT2D eigenvalue weighted by atomic mass is 10.1. The van der Waals surface area contributed by atoms with Crippen molar-refractivity contribution in [2.24, 2.45) is 0 Å². The Balaban J connectivity index is 1.97. The van der Waals surface area contributed by atoms with Crippen LogP contribution in [0.3, 0.4) is 0 Å². The van der Waals surface area contributed by atoms with Crippen molar-refractivity contribution in [2.45, 2.75) is 0 Å². The predicted molar refractivity (Wildman–Crippen MR) is 104 cm³/mol. The van der Waals surface area contributed by atoms with Crippen LogP contribution in [0.25, 0.3) is 34.3 Å². The highest BCUT2D eigenvalue weighted by Gasteiger charge is 2.28. The summed E-state index contributed by atoms with van der Waals surface area (Å²) in [7, 11) is 2.66. The van der Waals surface area contributed by atoms with Gasteiger partial charge in [0, 0.05) is 6.07 Å². The average Bonchev–Trinajstić information content (AvgIpc) is 3.09. The molecule has 7 heteroatoms. The summed E-state index contributed by atoms with van der Waals surface area (Å²) in [5.74, 6) is -0.997. The van der Waals surface area contributed by atoms with Gasteiger partial charge < -0.3 is 28.5 Å². The van der Waals surface area contributed by atoms with Crippen molar-refractivity contribution in [1.82, 2.24) is 0 Å². The van der Waals surface area contributed by atoms with Crippen molar-refractivity contribution in [1.29, 1.82) is 0 Å². The summed E-state index contributed by atoms with van der Waals surface area (Å²) in [5.41, 5.74) is 0.535. The second kappa shape index (κ2) is 6.70. The van der Waals surface area contributed by atoms with E-state index in [4.69, 9.17) is 18.3 Å². The molecule has 0 aliphatic rings. The Morgan fingerprint density at radius 1 is 0.893 bits per heavy atom. The Kier molecular flexibility index (Phi) is 4.19. The van der Waals surface area contributed by atoms with E-state index >= 15 is 0 Å². The van der Waals surface area contributed by atoms with E-state index in [1.807, 2.05) is 30.3 Å². The molecule has 0 aliphatic heterocycles. The smallest absolute Gasteiger partial charge is 0.302 e. The van der Waals surface area contributed by atoms with E-state index in [0.717, 1.165) is 5.56 Å². The first-order valence-electron chi connectivity index (χ1n) is 8.34. The van der Waals surface area contributed by atoms with Gasteiger partial charge in [0.15, 0.2) is 16.8 Å². The van der Waals surface area contributed by atoms with Gasteiger partial charge in [0.2, 0.25) is 17.2 Å².